The Morgan fingerprint density at radius 3 is 2.36 bits per heavy atom. The van der Waals surface area contributed by atoms with Crippen LogP contribution in [0, 0.1) is 5.92 Å². The maximum atomic E-state index is 4.38. The molecule has 1 heterocycles. The smallest absolute Gasteiger partial charge is 0.0908 e. The average Bonchev–Trinajstić information content (AvgIpc) is 2.32. The minimum atomic E-state index is 0.506. The number of hydrogen-bond donors (Lipinski definition) is 0. The molecule has 0 aromatic carbocycles. The van der Waals surface area contributed by atoms with Gasteiger partial charge in [-0.25, -0.2) is 0 Å². The predicted octanol–water partition coefficient (Wildman–Crippen LogP) is 2.41. The lowest BCUT2D eigenvalue weighted by atomic mass is 10.1. The van der Waals surface area contributed by atoms with Gasteiger partial charge in [-0.3, -0.25) is 0 Å². The minimum Gasteiger partial charge on any atom is -0.0908 e. The van der Waals surface area contributed by atoms with Crippen LogP contribution in [0.4, 0.5) is 0 Å². The van der Waals surface area contributed by atoms with Gasteiger partial charge in [0, 0.05) is 12.0 Å². The Hall–Kier alpha value is -0.660. The minimum absolute atomic E-state index is 0.506. The van der Waals surface area contributed by atoms with Gasteiger partial charge in [0.1, 0.15) is 6.54 Å². The average molecular weight is 153 g/mol. The summed E-state index contributed by atoms with van der Waals surface area (Å²) >= 11 is 0. The summed E-state index contributed by atoms with van der Waals surface area (Å²) in [5, 5.41) is 4.38. The normalized spacial score (nSPS) is 17.6. The summed E-state index contributed by atoms with van der Waals surface area (Å²) in [5.41, 5.74) is 1.38. The van der Waals surface area contributed by atoms with E-state index >= 15 is 0 Å². The number of azo groups is 2. The van der Waals surface area contributed by atoms with E-state index in [9.17, 15) is 0 Å². The van der Waals surface area contributed by atoms with Gasteiger partial charge in [0.25, 0.3) is 0 Å². The van der Waals surface area contributed by atoms with Crippen molar-refractivity contribution in [3.8, 4) is 0 Å². The van der Waals surface area contributed by atoms with Crippen molar-refractivity contribution in [1.29, 1.82) is 0 Å². The van der Waals surface area contributed by atoms with E-state index in [1.165, 1.54) is 5.70 Å². The van der Waals surface area contributed by atoms with Crippen LogP contribution in [0.15, 0.2) is 16.9 Å². The van der Waals surface area contributed by atoms with E-state index in [0.29, 0.717) is 12.0 Å². The molecule has 11 heavy (non-hydrogen) atoms. The van der Waals surface area contributed by atoms with Gasteiger partial charge in [-0.05, 0) is 19.0 Å². The topological polar surface area (TPSA) is 15.4 Å². The van der Waals surface area contributed by atoms with E-state index in [1.54, 1.807) is 0 Å². The third-order valence-electron chi connectivity index (χ3n) is 1.88. The summed E-state index contributed by atoms with van der Waals surface area (Å²) in [4.78, 5) is 0. The first-order chi connectivity index (χ1) is 5.13. The van der Waals surface area contributed by atoms with Crippen molar-refractivity contribution in [1.82, 2.24) is 0 Å². The molecule has 0 unspecified atom stereocenters. The van der Waals surface area contributed by atoms with Crippen LogP contribution in [0.1, 0.15) is 27.7 Å². The Labute approximate surface area is 68.6 Å². The standard InChI is InChI=1S/C9H17N2/c1-7(2)9-5-6-10-11(9)8(3)4/h5,7-8H,6H2,1-4H3/q+1. The Balaban J connectivity index is 2.76. The van der Waals surface area contributed by atoms with Gasteiger partial charge in [0.05, 0.1) is 0 Å². The fourth-order valence-corrected chi connectivity index (χ4v) is 1.36. The summed E-state index contributed by atoms with van der Waals surface area (Å²) in [5.74, 6) is 0.601. The van der Waals surface area contributed by atoms with Crippen LogP contribution < -0.4 is 0 Å². The van der Waals surface area contributed by atoms with E-state index < -0.39 is 0 Å². The molecule has 1 rings (SSSR count). The van der Waals surface area contributed by atoms with E-state index in [0.717, 1.165) is 6.54 Å². The van der Waals surface area contributed by atoms with Crippen molar-refractivity contribution in [3.63, 3.8) is 0 Å². The van der Waals surface area contributed by atoms with Crippen molar-refractivity contribution in [2.45, 2.75) is 33.7 Å². The maximum Gasteiger partial charge on any atom is 0.208 e. The molecule has 0 saturated heterocycles. The molecule has 62 valence electrons. The molecule has 0 amide bonds. The van der Waals surface area contributed by atoms with Gasteiger partial charge in [-0.15, -0.1) is 0 Å². The number of allylic oxidation sites excluding steroid dienone is 1. The Bertz CT molecular complexity index is 178. The highest BCUT2D eigenvalue weighted by molar-refractivity contribution is 4.98. The zero-order valence-corrected chi connectivity index (χ0v) is 7.83. The monoisotopic (exact) mass is 153 g/mol. The maximum absolute atomic E-state index is 4.38. The lowest BCUT2D eigenvalue weighted by Crippen LogP contribution is -2.18. The fraction of sp³-hybridized carbons (Fsp3) is 0.778. The summed E-state index contributed by atoms with van der Waals surface area (Å²) in [6.45, 7) is 9.63. The van der Waals surface area contributed by atoms with Gasteiger partial charge >= 0.3 is 0 Å². The van der Waals surface area contributed by atoms with Crippen LogP contribution >= 0.6 is 0 Å². The van der Waals surface area contributed by atoms with Gasteiger partial charge in [0.2, 0.25) is 5.70 Å². The zero-order chi connectivity index (χ0) is 8.43. The third kappa shape index (κ3) is 1.67. The molecule has 0 aliphatic carbocycles. The van der Waals surface area contributed by atoms with Crippen LogP contribution in [-0.2, 0) is 0 Å². The molecular formula is C9H17N2+. The van der Waals surface area contributed by atoms with E-state index in [4.69, 9.17) is 0 Å². The second-order valence-corrected chi connectivity index (χ2v) is 3.55. The van der Waals surface area contributed by atoms with Crippen molar-refractivity contribution < 1.29 is 4.70 Å². The molecule has 0 saturated carbocycles. The first-order valence-corrected chi connectivity index (χ1v) is 4.29. The van der Waals surface area contributed by atoms with Crippen LogP contribution in [-0.4, -0.2) is 17.3 Å². The molecular weight excluding hydrogens is 136 g/mol. The SMILES string of the molecule is CC(C)C1=CCN=[N+]1C(C)C. The van der Waals surface area contributed by atoms with Gasteiger partial charge in [0.15, 0.2) is 6.04 Å². The second-order valence-electron chi connectivity index (χ2n) is 3.55. The Kier molecular flexibility index (Phi) is 2.42. The Morgan fingerprint density at radius 1 is 1.36 bits per heavy atom. The lowest BCUT2D eigenvalue weighted by Gasteiger charge is -2.05. The highest BCUT2D eigenvalue weighted by Gasteiger charge is 2.25. The first kappa shape index (κ1) is 8.44. The van der Waals surface area contributed by atoms with Gasteiger partial charge < -0.3 is 0 Å². The van der Waals surface area contributed by atoms with Crippen LogP contribution in [0.3, 0.4) is 0 Å². The predicted molar refractivity (Wildman–Crippen MR) is 45.6 cm³/mol. The third-order valence-corrected chi connectivity index (χ3v) is 1.88. The molecule has 0 aromatic heterocycles. The molecule has 0 bridgehead atoms. The van der Waals surface area contributed by atoms with Crippen LogP contribution in [0.5, 0.6) is 0 Å². The molecule has 1 aliphatic rings. The van der Waals surface area contributed by atoms with Crippen LogP contribution in [0.2, 0.25) is 0 Å². The molecule has 0 radical (unpaired) electrons. The molecule has 0 atom stereocenters. The molecule has 0 fully saturated rings. The van der Waals surface area contributed by atoms with Crippen molar-refractivity contribution in [3.05, 3.63) is 11.8 Å². The van der Waals surface area contributed by atoms with Crippen molar-refractivity contribution in [2.75, 3.05) is 6.54 Å². The fourth-order valence-electron chi connectivity index (χ4n) is 1.36. The Morgan fingerprint density at radius 2 is 2.00 bits per heavy atom. The largest absolute Gasteiger partial charge is 0.208 e. The molecule has 0 N–H and O–H groups in total. The van der Waals surface area contributed by atoms with Gasteiger partial charge in [-0.1, -0.05) is 18.5 Å². The van der Waals surface area contributed by atoms with E-state index in [1.807, 2.05) is 0 Å². The summed E-state index contributed by atoms with van der Waals surface area (Å²) < 4.78 is 2.13. The molecule has 0 spiro atoms. The zero-order valence-electron chi connectivity index (χ0n) is 7.83. The number of nitrogens with zero attached hydrogens (tertiary/aromatic N) is 2. The number of hydrogen-bond acceptors (Lipinski definition) is 1. The molecule has 2 heteroatoms. The van der Waals surface area contributed by atoms with Crippen molar-refractivity contribution in [2.24, 2.45) is 11.0 Å². The molecule has 1 aliphatic heterocycles. The lowest BCUT2D eigenvalue weighted by molar-refractivity contribution is -0.576. The van der Waals surface area contributed by atoms with E-state index in [2.05, 4.69) is 43.6 Å². The van der Waals surface area contributed by atoms with Crippen molar-refractivity contribution >= 4 is 0 Å². The van der Waals surface area contributed by atoms with Crippen LogP contribution in [0.25, 0.3) is 0 Å². The van der Waals surface area contributed by atoms with E-state index in [-0.39, 0.29) is 0 Å². The van der Waals surface area contributed by atoms with Gasteiger partial charge in [-0.2, -0.15) is 0 Å². The quantitative estimate of drug-likeness (QED) is 0.541. The highest BCUT2D eigenvalue weighted by Crippen LogP contribution is 2.17. The number of rotatable bonds is 2. The first-order valence-electron chi connectivity index (χ1n) is 4.29. The second kappa shape index (κ2) is 3.16. The summed E-state index contributed by atoms with van der Waals surface area (Å²) in [6.07, 6.45) is 2.21. The summed E-state index contributed by atoms with van der Waals surface area (Å²) in [7, 11) is 0. The highest BCUT2D eigenvalue weighted by atomic mass is 15.3. The molecule has 0 aromatic rings. The summed E-state index contributed by atoms with van der Waals surface area (Å²) in [6, 6.07) is 0.506. The molecule has 2 nitrogen and oxygen atoms in total.